The molecule has 2 aromatic carbocycles. The minimum Gasteiger partial charge on any atom is -0.494 e. The Bertz CT molecular complexity index is 1440. The molecule has 0 saturated carbocycles. The molecule has 5 rings (SSSR count). The first kappa shape index (κ1) is 22.0. The van der Waals surface area contributed by atoms with E-state index < -0.39 is 17.4 Å². The smallest absolute Gasteiger partial charge is 0.332 e. The monoisotopic (exact) mass is 461 g/mol. The van der Waals surface area contributed by atoms with E-state index in [1.807, 2.05) is 66.4 Å². The van der Waals surface area contributed by atoms with Crippen LogP contribution < -0.4 is 20.9 Å². The van der Waals surface area contributed by atoms with Gasteiger partial charge in [0.15, 0.2) is 11.2 Å². The van der Waals surface area contributed by atoms with Crippen LogP contribution in [0.4, 0.5) is 11.6 Å². The highest BCUT2D eigenvalue weighted by molar-refractivity contribution is 5.77. The van der Waals surface area contributed by atoms with Gasteiger partial charge >= 0.3 is 5.69 Å². The van der Waals surface area contributed by atoms with Gasteiger partial charge in [-0.05, 0) is 43.2 Å². The van der Waals surface area contributed by atoms with Crippen molar-refractivity contribution in [2.45, 2.75) is 32.5 Å². The Morgan fingerprint density at radius 2 is 1.79 bits per heavy atom. The van der Waals surface area contributed by atoms with Gasteiger partial charge in [-0.2, -0.15) is 4.98 Å². The van der Waals surface area contributed by atoms with Gasteiger partial charge in [0.05, 0.1) is 25.8 Å². The van der Waals surface area contributed by atoms with Gasteiger partial charge < -0.3 is 19.3 Å². The van der Waals surface area contributed by atoms with Crippen molar-refractivity contribution >= 4 is 22.8 Å². The molecule has 176 valence electrons. The number of fused-ring (bicyclic) bond motifs is 3. The van der Waals surface area contributed by atoms with Crippen molar-refractivity contribution in [2.75, 3.05) is 18.1 Å². The zero-order valence-corrected chi connectivity index (χ0v) is 19.2. The summed E-state index contributed by atoms with van der Waals surface area (Å²) >= 11 is 0. The van der Waals surface area contributed by atoms with Crippen LogP contribution in [0.25, 0.3) is 11.2 Å². The summed E-state index contributed by atoms with van der Waals surface area (Å²) in [5.41, 5.74) is 1.69. The summed E-state index contributed by atoms with van der Waals surface area (Å²) < 4.78 is 9.92. The second kappa shape index (κ2) is 8.83. The van der Waals surface area contributed by atoms with Crippen LogP contribution >= 0.6 is 0 Å². The topological polar surface area (TPSA) is 94.5 Å². The average Bonchev–Trinajstić information content (AvgIpc) is 3.23. The van der Waals surface area contributed by atoms with E-state index in [0.29, 0.717) is 36.7 Å². The fourth-order valence-electron chi connectivity index (χ4n) is 4.49. The van der Waals surface area contributed by atoms with Crippen LogP contribution in [0.5, 0.6) is 5.75 Å². The number of ether oxygens (including phenoxy) is 1. The predicted molar refractivity (Wildman–Crippen MR) is 130 cm³/mol. The van der Waals surface area contributed by atoms with Crippen LogP contribution in [0.3, 0.4) is 0 Å². The number of hydrogen-bond acceptors (Lipinski definition) is 6. The molecule has 3 heterocycles. The fraction of sp³-hybridized carbons (Fsp3) is 0.320. The van der Waals surface area contributed by atoms with Crippen LogP contribution in [-0.4, -0.2) is 43.0 Å². The molecule has 0 fully saturated rings. The Balaban J connectivity index is 1.60. The van der Waals surface area contributed by atoms with Gasteiger partial charge in [0.2, 0.25) is 5.95 Å². The number of hydrogen-bond donors (Lipinski definition) is 1. The summed E-state index contributed by atoms with van der Waals surface area (Å²) in [5, 5.41) is 10.6. The minimum atomic E-state index is -0.703. The van der Waals surface area contributed by atoms with E-state index in [4.69, 9.17) is 4.74 Å². The third kappa shape index (κ3) is 3.77. The molecule has 0 saturated heterocycles. The van der Waals surface area contributed by atoms with E-state index in [1.165, 1.54) is 9.13 Å². The zero-order chi connectivity index (χ0) is 23.8. The summed E-state index contributed by atoms with van der Waals surface area (Å²) in [6, 6.07) is 17.2. The molecule has 0 spiro atoms. The zero-order valence-electron chi connectivity index (χ0n) is 19.2. The molecular formula is C25H27N5O4. The van der Waals surface area contributed by atoms with Gasteiger partial charge in [0.25, 0.3) is 5.56 Å². The van der Waals surface area contributed by atoms with Crippen molar-refractivity contribution in [3.63, 3.8) is 0 Å². The molecule has 0 bridgehead atoms. The summed E-state index contributed by atoms with van der Waals surface area (Å²) in [6.45, 7) is 3.31. The van der Waals surface area contributed by atoms with E-state index in [9.17, 15) is 14.7 Å². The summed E-state index contributed by atoms with van der Waals surface area (Å²) in [6.07, 6.45) is -0.144. The number of anilines is 2. The Labute approximate surface area is 196 Å². The molecule has 34 heavy (non-hydrogen) atoms. The number of aryl methyl sites for hydroxylation is 2. The van der Waals surface area contributed by atoms with Gasteiger partial charge in [0.1, 0.15) is 5.75 Å². The van der Waals surface area contributed by atoms with E-state index in [1.54, 1.807) is 11.6 Å². The molecule has 1 atom stereocenters. The van der Waals surface area contributed by atoms with E-state index in [2.05, 4.69) is 4.98 Å². The minimum absolute atomic E-state index is 0.228. The molecule has 0 amide bonds. The second-order valence-corrected chi connectivity index (χ2v) is 8.42. The SMILES string of the molecule is CCOc1ccc(N2CC(O)Cn3c2nc2c3c(=O)n(CCc3ccccc3)c(=O)n2C)cc1. The molecule has 1 N–H and O–H groups in total. The molecule has 4 aromatic rings. The molecule has 2 aromatic heterocycles. The molecule has 1 aliphatic rings. The number of nitrogens with zero attached hydrogens (tertiary/aromatic N) is 5. The normalized spacial score (nSPS) is 15.5. The van der Waals surface area contributed by atoms with Gasteiger partial charge in [0, 0.05) is 19.3 Å². The van der Waals surface area contributed by atoms with Gasteiger partial charge in [-0.25, -0.2) is 4.79 Å². The Kier molecular flexibility index (Phi) is 5.70. The lowest BCUT2D eigenvalue weighted by Crippen LogP contribution is -2.42. The third-order valence-corrected chi connectivity index (χ3v) is 6.17. The number of rotatable bonds is 6. The lowest BCUT2D eigenvalue weighted by molar-refractivity contribution is 0.154. The van der Waals surface area contributed by atoms with Crippen molar-refractivity contribution in [1.29, 1.82) is 0 Å². The molecule has 1 aliphatic heterocycles. The lowest BCUT2D eigenvalue weighted by atomic mass is 10.1. The largest absolute Gasteiger partial charge is 0.494 e. The maximum atomic E-state index is 13.5. The van der Waals surface area contributed by atoms with Crippen LogP contribution in [0.15, 0.2) is 64.2 Å². The summed E-state index contributed by atoms with van der Waals surface area (Å²) in [7, 11) is 1.62. The number of aliphatic hydroxyl groups is 1. The maximum absolute atomic E-state index is 13.5. The number of aromatic nitrogens is 4. The van der Waals surface area contributed by atoms with Crippen molar-refractivity contribution in [3.8, 4) is 5.75 Å². The Hall–Kier alpha value is -3.85. The van der Waals surface area contributed by atoms with Gasteiger partial charge in [-0.3, -0.25) is 13.9 Å². The molecule has 0 aliphatic carbocycles. The Morgan fingerprint density at radius 3 is 2.50 bits per heavy atom. The van der Waals surface area contributed by atoms with Crippen LogP contribution in [0.1, 0.15) is 12.5 Å². The third-order valence-electron chi connectivity index (χ3n) is 6.17. The van der Waals surface area contributed by atoms with Crippen LogP contribution in [0, 0.1) is 0 Å². The maximum Gasteiger partial charge on any atom is 0.332 e. The predicted octanol–water partition coefficient (Wildman–Crippen LogP) is 2.05. The van der Waals surface area contributed by atoms with E-state index >= 15 is 0 Å². The van der Waals surface area contributed by atoms with Crippen LogP contribution in [-0.2, 0) is 26.6 Å². The standard InChI is InChI=1S/C25H27N5O4/c1-3-34-20-11-9-18(10-12-20)29-15-19(31)16-30-21-22(26-24(29)30)27(2)25(33)28(23(21)32)14-13-17-7-5-4-6-8-17/h4-12,19,31H,3,13-16H2,1-2H3. The molecule has 0 radical (unpaired) electrons. The first-order valence-electron chi connectivity index (χ1n) is 11.4. The molecule has 9 nitrogen and oxygen atoms in total. The van der Waals surface area contributed by atoms with Crippen molar-refractivity contribution in [1.82, 2.24) is 18.7 Å². The van der Waals surface area contributed by atoms with Crippen LogP contribution in [0.2, 0.25) is 0 Å². The van der Waals surface area contributed by atoms with Crippen molar-refractivity contribution < 1.29 is 9.84 Å². The quantitative estimate of drug-likeness (QED) is 0.472. The number of β-amino-alcohol motifs (C(OH)–C–C–N with tert-alkyl or cyclic N) is 1. The Morgan fingerprint density at radius 1 is 1.06 bits per heavy atom. The highest BCUT2D eigenvalue weighted by Gasteiger charge is 2.30. The van der Waals surface area contributed by atoms with Gasteiger partial charge in [-0.1, -0.05) is 30.3 Å². The number of benzene rings is 2. The second-order valence-electron chi connectivity index (χ2n) is 8.42. The highest BCUT2D eigenvalue weighted by Crippen LogP contribution is 2.32. The number of aliphatic hydroxyl groups excluding tert-OH is 1. The van der Waals surface area contributed by atoms with Gasteiger partial charge in [-0.15, -0.1) is 0 Å². The van der Waals surface area contributed by atoms with E-state index in [-0.39, 0.29) is 13.1 Å². The average molecular weight is 462 g/mol. The molecule has 1 unspecified atom stereocenters. The summed E-state index contributed by atoms with van der Waals surface area (Å²) in [4.78, 5) is 33.1. The molecular weight excluding hydrogens is 434 g/mol. The first-order valence-corrected chi connectivity index (χ1v) is 11.4. The highest BCUT2D eigenvalue weighted by atomic mass is 16.5. The van der Waals surface area contributed by atoms with E-state index in [0.717, 1.165) is 17.0 Å². The summed E-state index contributed by atoms with van der Waals surface area (Å²) in [5.74, 6) is 1.28. The molecule has 9 heteroatoms. The van der Waals surface area contributed by atoms with Crippen molar-refractivity contribution in [2.24, 2.45) is 7.05 Å². The first-order chi connectivity index (χ1) is 16.5. The lowest BCUT2D eigenvalue weighted by Gasteiger charge is -2.32. The fourth-order valence-corrected chi connectivity index (χ4v) is 4.49. The number of imidazole rings is 1. The van der Waals surface area contributed by atoms with Crippen molar-refractivity contribution in [3.05, 3.63) is 81.0 Å².